The van der Waals surface area contributed by atoms with Crippen LogP contribution in [0.4, 0.5) is 4.39 Å². The van der Waals surface area contributed by atoms with Gasteiger partial charge in [-0.2, -0.15) is 0 Å². The van der Waals surface area contributed by atoms with Gasteiger partial charge in [-0.05, 0) is 30.9 Å². The van der Waals surface area contributed by atoms with Crippen molar-refractivity contribution in [2.24, 2.45) is 11.8 Å². The van der Waals surface area contributed by atoms with Crippen molar-refractivity contribution in [1.29, 1.82) is 0 Å². The first-order valence-corrected chi connectivity index (χ1v) is 8.29. The van der Waals surface area contributed by atoms with Gasteiger partial charge in [0.2, 0.25) is 11.8 Å². The zero-order chi connectivity index (χ0) is 16.8. The van der Waals surface area contributed by atoms with Crippen LogP contribution in [0.15, 0.2) is 24.3 Å². The van der Waals surface area contributed by atoms with Crippen LogP contribution in [0.5, 0.6) is 0 Å². The van der Waals surface area contributed by atoms with Crippen LogP contribution < -0.4 is 5.32 Å². The zero-order valence-corrected chi connectivity index (χ0v) is 13.8. The number of piperidine rings is 1. The van der Waals surface area contributed by atoms with Crippen molar-refractivity contribution in [3.8, 4) is 0 Å². The van der Waals surface area contributed by atoms with Gasteiger partial charge >= 0.3 is 0 Å². The summed E-state index contributed by atoms with van der Waals surface area (Å²) in [6, 6.07) is 6.61. The Labute approximate surface area is 137 Å². The maximum absolute atomic E-state index is 13.5. The molecule has 1 aromatic rings. The fourth-order valence-electron chi connectivity index (χ4n) is 2.89. The minimum atomic E-state index is -0.234. The summed E-state index contributed by atoms with van der Waals surface area (Å²) in [4.78, 5) is 25.9. The van der Waals surface area contributed by atoms with E-state index in [1.807, 2.05) is 18.7 Å². The lowest BCUT2D eigenvalue weighted by Gasteiger charge is -2.32. The third-order valence-electron chi connectivity index (χ3n) is 4.32. The Morgan fingerprint density at radius 1 is 1.26 bits per heavy atom. The molecule has 0 bridgehead atoms. The molecule has 0 aromatic heterocycles. The van der Waals surface area contributed by atoms with Gasteiger partial charge in [0, 0.05) is 31.5 Å². The van der Waals surface area contributed by atoms with Crippen LogP contribution in [-0.4, -0.2) is 36.3 Å². The number of nitrogens with one attached hydrogen (secondary N) is 1. The molecular formula is C18H25FN2O2. The molecule has 1 N–H and O–H groups in total. The molecule has 5 heteroatoms. The van der Waals surface area contributed by atoms with E-state index in [-0.39, 0.29) is 29.5 Å². The van der Waals surface area contributed by atoms with Gasteiger partial charge in [-0.15, -0.1) is 0 Å². The van der Waals surface area contributed by atoms with Crippen molar-refractivity contribution in [1.82, 2.24) is 10.2 Å². The molecule has 1 fully saturated rings. The van der Waals surface area contributed by atoms with E-state index in [4.69, 9.17) is 0 Å². The number of nitrogens with zero attached hydrogens (tertiary/aromatic N) is 1. The largest absolute Gasteiger partial charge is 0.356 e. The van der Waals surface area contributed by atoms with Crippen LogP contribution >= 0.6 is 0 Å². The molecule has 1 saturated heterocycles. The Morgan fingerprint density at radius 3 is 2.52 bits per heavy atom. The van der Waals surface area contributed by atoms with Crippen LogP contribution in [0.2, 0.25) is 0 Å². The quantitative estimate of drug-likeness (QED) is 0.905. The number of halogens is 1. The molecule has 0 saturated carbocycles. The van der Waals surface area contributed by atoms with Crippen molar-refractivity contribution >= 4 is 11.8 Å². The molecule has 0 aliphatic carbocycles. The average molecular weight is 320 g/mol. The molecule has 0 unspecified atom stereocenters. The third-order valence-corrected chi connectivity index (χ3v) is 4.32. The summed E-state index contributed by atoms with van der Waals surface area (Å²) in [7, 11) is 0. The fraction of sp³-hybridized carbons (Fsp3) is 0.556. The van der Waals surface area contributed by atoms with Gasteiger partial charge in [0.05, 0.1) is 0 Å². The molecule has 1 aromatic carbocycles. The van der Waals surface area contributed by atoms with Crippen LogP contribution in [0.25, 0.3) is 0 Å². The Morgan fingerprint density at radius 2 is 1.91 bits per heavy atom. The number of benzene rings is 1. The smallest absolute Gasteiger partial charge is 0.225 e. The summed E-state index contributed by atoms with van der Waals surface area (Å²) in [6.45, 7) is 5.50. The minimum Gasteiger partial charge on any atom is -0.356 e. The van der Waals surface area contributed by atoms with Crippen molar-refractivity contribution < 1.29 is 14.0 Å². The molecule has 4 nitrogen and oxygen atoms in total. The lowest BCUT2D eigenvalue weighted by molar-refractivity contribution is -0.138. The molecule has 1 heterocycles. The number of carbonyl (C=O) groups excluding carboxylic acids is 2. The normalized spacial score (nSPS) is 15.7. The third kappa shape index (κ3) is 4.78. The van der Waals surface area contributed by atoms with Crippen molar-refractivity contribution in [3.63, 3.8) is 0 Å². The molecule has 0 spiro atoms. The lowest BCUT2D eigenvalue weighted by Crippen LogP contribution is -2.44. The van der Waals surface area contributed by atoms with Gasteiger partial charge in [-0.1, -0.05) is 32.0 Å². The van der Waals surface area contributed by atoms with Crippen LogP contribution in [0.1, 0.15) is 32.3 Å². The van der Waals surface area contributed by atoms with E-state index in [0.717, 1.165) is 0 Å². The molecular weight excluding hydrogens is 295 g/mol. The van der Waals surface area contributed by atoms with Gasteiger partial charge in [-0.25, -0.2) is 4.39 Å². The highest BCUT2D eigenvalue weighted by molar-refractivity contribution is 5.80. The maximum atomic E-state index is 13.5. The Hall–Kier alpha value is -1.91. The Balaban J connectivity index is 1.73. The lowest BCUT2D eigenvalue weighted by atomic mass is 9.95. The molecule has 0 radical (unpaired) electrons. The molecule has 0 atom stereocenters. The van der Waals surface area contributed by atoms with Gasteiger partial charge in [-0.3, -0.25) is 9.59 Å². The first-order chi connectivity index (χ1) is 11.0. The van der Waals surface area contributed by atoms with E-state index in [0.29, 0.717) is 44.5 Å². The summed E-state index contributed by atoms with van der Waals surface area (Å²) >= 11 is 0. The minimum absolute atomic E-state index is 0.00106. The molecule has 23 heavy (non-hydrogen) atoms. The van der Waals surface area contributed by atoms with Gasteiger partial charge in [0.25, 0.3) is 0 Å². The van der Waals surface area contributed by atoms with Gasteiger partial charge < -0.3 is 10.2 Å². The molecule has 126 valence electrons. The highest BCUT2D eigenvalue weighted by Crippen LogP contribution is 2.19. The van der Waals surface area contributed by atoms with E-state index in [2.05, 4.69) is 5.32 Å². The van der Waals surface area contributed by atoms with Crippen molar-refractivity contribution in [2.45, 2.75) is 33.1 Å². The summed E-state index contributed by atoms with van der Waals surface area (Å²) in [5.74, 6) is -0.114. The van der Waals surface area contributed by atoms with Gasteiger partial charge in [0.1, 0.15) is 5.82 Å². The van der Waals surface area contributed by atoms with E-state index in [1.165, 1.54) is 6.07 Å². The number of hydrogen-bond donors (Lipinski definition) is 1. The van der Waals surface area contributed by atoms with E-state index in [9.17, 15) is 14.0 Å². The molecule has 1 aliphatic rings. The molecule has 2 amide bonds. The summed E-state index contributed by atoms with van der Waals surface area (Å²) in [5, 5.41) is 2.89. The Kier molecular flexibility index (Phi) is 6.13. The number of hydrogen-bond acceptors (Lipinski definition) is 2. The second kappa shape index (κ2) is 8.09. The zero-order valence-electron chi connectivity index (χ0n) is 13.8. The monoisotopic (exact) mass is 320 g/mol. The Bertz CT molecular complexity index is 552. The predicted octanol–water partition coefficient (Wildman–Crippen LogP) is 2.38. The summed E-state index contributed by atoms with van der Waals surface area (Å²) in [5.41, 5.74) is 0.616. The van der Waals surface area contributed by atoms with Crippen molar-refractivity contribution in [3.05, 3.63) is 35.6 Å². The summed E-state index contributed by atoms with van der Waals surface area (Å²) in [6.07, 6.45) is 1.89. The maximum Gasteiger partial charge on any atom is 0.225 e. The second-order valence-corrected chi connectivity index (χ2v) is 6.39. The van der Waals surface area contributed by atoms with E-state index < -0.39 is 0 Å². The molecule has 2 rings (SSSR count). The van der Waals surface area contributed by atoms with Crippen molar-refractivity contribution in [2.75, 3.05) is 19.6 Å². The first kappa shape index (κ1) is 17.4. The number of amides is 2. The standard InChI is InChI=1S/C18H25FN2O2/c1-13(2)18(23)21-11-8-15(9-12-21)17(22)20-10-7-14-5-3-4-6-16(14)19/h3-6,13,15H,7-12H2,1-2H3,(H,20,22). The number of likely N-dealkylation sites (tertiary alicyclic amines) is 1. The summed E-state index contributed by atoms with van der Waals surface area (Å²) < 4.78 is 13.5. The van der Waals surface area contributed by atoms with Crippen LogP contribution in [0.3, 0.4) is 0 Å². The predicted molar refractivity (Wildman–Crippen MR) is 87.3 cm³/mol. The highest BCUT2D eigenvalue weighted by atomic mass is 19.1. The number of rotatable bonds is 5. The topological polar surface area (TPSA) is 49.4 Å². The van der Waals surface area contributed by atoms with E-state index >= 15 is 0 Å². The SMILES string of the molecule is CC(C)C(=O)N1CCC(C(=O)NCCc2ccccc2F)CC1. The van der Waals surface area contributed by atoms with Crippen LogP contribution in [-0.2, 0) is 16.0 Å². The fourth-order valence-corrected chi connectivity index (χ4v) is 2.89. The number of carbonyl (C=O) groups is 2. The second-order valence-electron chi connectivity index (χ2n) is 6.39. The first-order valence-electron chi connectivity index (χ1n) is 8.29. The average Bonchev–Trinajstić information content (AvgIpc) is 2.56. The van der Waals surface area contributed by atoms with E-state index in [1.54, 1.807) is 18.2 Å². The van der Waals surface area contributed by atoms with Crippen LogP contribution in [0, 0.1) is 17.7 Å². The van der Waals surface area contributed by atoms with Gasteiger partial charge in [0.15, 0.2) is 0 Å². The highest BCUT2D eigenvalue weighted by Gasteiger charge is 2.27. The molecule has 1 aliphatic heterocycles.